The molecule has 6 nitrogen and oxygen atoms in total. The van der Waals surface area contributed by atoms with E-state index in [1.165, 1.54) is 42.1 Å². The molecule has 178 valence electrons. The molecule has 7 heteroatoms. The Kier molecular flexibility index (Phi) is 7.64. The number of rotatable bonds is 7. The molecule has 0 radical (unpaired) electrons. The lowest BCUT2D eigenvalue weighted by molar-refractivity contribution is -0.112. The largest absolute Gasteiger partial charge is 0.494 e. The summed E-state index contributed by atoms with van der Waals surface area (Å²) in [5.74, 6) is -0.419. The topological polar surface area (TPSA) is 88.4 Å². The van der Waals surface area contributed by atoms with Crippen LogP contribution in [0.5, 0.6) is 5.75 Å². The number of hydrogen-bond acceptors (Lipinski definition) is 6. The van der Waals surface area contributed by atoms with Gasteiger partial charge in [0, 0.05) is 10.9 Å². The zero-order chi connectivity index (χ0) is 24.8. The molecule has 1 N–H and O–H groups in total. The fourth-order valence-corrected chi connectivity index (χ4v) is 5.13. The Hall–Kier alpha value is -3.89. The van der Waals surface area contributed by atoms with Gasteiger partial charge in [-0.15, -0.1) is 11.3 Å². The molecule has 1 aliphatic carbocycles. The Morgan fingerprint density at radius 1 is 1.11 bits per heavy atom. The van der Waals surface area contributed by atoms with Crippen molar-refractivity contribution >= 4 is 34.3 Å². The van der Waals surface area contributed by atoms with Crippen LogP contribution in [0.3, 0.4) is 0 Å². The van der Waals surface area contributed by atoms with Gasteiger partial charge in [-0.3, -0.25) is 4.79 Å². The molecule has 0 aliphatic heterocycles. The molecule has 35 heavy (non-hydrogen) atoms. The number of benzene rings is 2. The van der Waals surface area contributed by atoms with Crippen LogP contribution in [0.1, 0.15) is 46.8 Å². The number of thiophene rings is 1. The molecule has 0 fully saturated rings. The van der Waals surface area contributed by atoms with E-state index in [9.17, 15) is 14.9 Å². The van der Waals surface area contributed by atoms with Gasteiger partial charge in [0.15, 0.2) is 0 Å². The van der Waals surface area contributed by atoms with Crippen molar-refractivity contribution in [2.75, 3.05) is 19.0 Å². The highest BCUT2D eigenvalue weighted by Gasteiger charge is 2.24. The van der Waals surface area contributed by atoms with Gasteiger partial charge in [-0.1, -0.05) is 30.3 Å². The predicted molar refractivity (Wildman–Crippen MR) is 138 cm³/mol. The van der Waals surface area contributed by atoms with Crippen LogP contribution in [-0.4, -0.2) is 25.6 Å². The van der Waals surface area contributed by atoms with Crippen LogP contribution in [0.25, 0.3) is 17.2 Å². The number of esters is 1. The number of fused-ring (bicyclic) bond motifs is 1. The van der Waals surface area contributed by atoms with Gasteiger partial charge in [-0.05, 0) is 73.1 Å². The first-order valence-electron chi connectivity index (χ1n) is 11.5. The maximum Gasteiger partial charge on any atom is 0.341 e. The normalized spacial score (nSPS) is 12.9. The van der Waals surface area contributed by atoms with Gasteiger partial charge < -0.3 is 14.8 Å². The van der Waals surface area contributed by atoms with Crippen LogP contribution in [-0.2, 0) is 22.4 Å². The molecule has 1 aliphatic rings. The lowest BCUT2D eigenvalue weighted by Gasteiger charge is -2.16. The van der Waals surface area contributed by atoms with Gasteiger partial charge in [-0.25, -0.2) is 4.79 Å². The van der Waals surface area contributed by atoms with E-state index in [2.05, 4.69) is 17.4 Å². The van der Waals surface area contributed by atoms with E-state index in [4.69, 9.17) is 9.47 Å². The molecule has 0 unspecified atom stereocenters. The van der Waals surface area contributed by atoms with Crippen molar-refractivity contribution in [2.45, 2.75) is 32.6 Å². The second kappa shape index (κ2) is 11.0. The fraction of sp³-hybridized carbons (Fsp3) is 0.250. The summed E-state index contributed by atoms with van der Waals surface area (Å²) in [6.07, 6.45) is 5.94. The van der Waals surface area contributed by atoms with Gasteiger partial charge in [0.05, 0.1) is 13.7 Å². The Bertz CT molecular complexity index is 1320. The summed E-state index contributed by atoms with van der Waals surface area (Å²) in [4.78, 5) is 25.7. The monoisotopic (exact) mass is 486 g/mol. The molecular formula is C28H26N2O4S. The molecule has 1 amide bonds. The number of anilines is 1. The molecule has 2 aromatic carbocycles. The van der Waals surface area contributed by atoms with Gasteiger partial charge in [-0.2, -0.15) is 5.26 Å². The first kappa shape index (κ1) is 24.2. The summed E-state index contributed by atoms with van der Waals surface area (Å²) < 4.78 is 10.5. The summed E-state index contributed by atoms with van der Waals surface area (Å²) in [5, 5.41) is 14.5. The van der Waals surface area contributed by atoms with Crippen molar-refractivity contribution in [3.63, 3.8) is 0 Å². The molecule has 3 aromatic rings. The smallest absolute Gasteiger partial charge is 0.341 e. The first-order chi connectivity index (χ1) is 17.0. The first-order valence-corrected chi connectivity index (χ1v) is 12.4. The molecular weight excluding hydrogens is 460 g/mol. The predicted octanol–water partition coefficient (Wildman–Crippen LogP) is 6.02. The molecule has 0 bridgehead atoms. The molecule has 1 heterocycles. The van der Waals surface area contributed by atoms with Crippen LogP contribution in [0.15, 0.2) is 53.4 Å². The highest BCUT2D eigenvalue weighted by molar-refractivity contribution is 7.15. The van der Waals surface area contributed by atoms with Crippen LogP contribution in [0.4, 0.5) is 5.00 Å². The number of nitrogens with zero attached hydrogens (tertiary/aromatic N) is 1. The minimum Gasteiger partial charge on any atom is -0.494 e. The molecule has 0 spiro atoms. The summed E-state index contributed by atoms with van der Waals surface area (Å²) in [5.41, 5.74) is 5.17. The summed E-state index contributed by atoms with van der Waals surface area (Å²) in [6.45, 7) is 2.45. The molecule has 1 aromatic heterocycles. The lowest BCUT2D eigenvalue weighted by Crippen LogP contribution is -2.15. The Labute approximate surface area is 208 Å². The van der Waals surface area contributed by atoms with E-state index < -0.39 is 11.9 Å². The highest BCUT2D eigenvalue weighted by Crippen LogP contribution is 2.38. The minimum absolute atomic E-state index is 0.0753. The Morgan fingerprint density at radius 3 is 2.54 bits per heavy atom. The van der Waals surface area contributed by atoms with E-state index in [-0.39, 0.29) is 5.57 Å². The number of ether oxygens (including phenoxy) is 2. The van der Waals surface area contributed by atoms with Crippen molar-refractivity contribution in [1.82, 2.24) is 0 Å². The quantitative estimate of drug-likeness (QED) is 0.250. The second-order valence-electron chi connectivity index (χ2n) is 8.16. The van der Waals surface area contributed by atoms with Crippen molar-refractivity contribution in [3.8, 4) is 22.9 Å². The number of carbonyl (C=O) groups excluding carboxylic acids is 2. The number of hydrogen-bond donors (Lipinski definition) is 1. The highest BCUT2D eigenvalue weighted by atomic mass is 32.1. The summed E-state index contributed by atoms with van der Waals surface area (Å²) in [6, 6.07) is 15.3. The van der Waals surface area contributed by atoms with Crippen LogP contribution < -0.4 is 10.1 Å². The van der Waals surface area contributed by atoms with Crippen molar-refractivity contribution < 1.29 is 19.1 Å². The van der Waals surface area contributed by atoms with E-state index >= 15 is 0 Å². The maximum atomic E-state index is 12.9. The van der Waals surface area contributed by atoms with E-state index in [1.54, 1.807) is 24.3 Å². The zero-order valence-electron chi connectivity index (χ0n) is 19.7. The number of methoxy groups -OCH3 is 1. The third-order valence-corrected chi connectivity index (χ3v) is 6.83. The number of carbonyl (C=O) groups is 2. The van der Waals surface area contributed by atoms with Crippen molar-refractivity contribution in [1.29, 1.82) is 5.26 Å². The number of nitrogens with one attached hydrogen (secondary N) is 1. The minimum atomic E-state index is -0.592. The third kappa shape index (κ3) is 5.44. The standard InChI is InChI=1S/C28H26N2O4S/c1-3-34-23-12-8-18(9-13-23)14-22(16-29)26(31)30-27-25(28(32)33-2)24(17-35-27)21-11-10-19-6-4-5-7-20(19)15-21/h8-15,17H,3-7H2,1-2H3,(H,30,31)/b22-14+. The van der Waals surface area contributed by atoms with Crippen LogP contribution in [0.2, 0.25) is 0 Å². The lowest BCUT2D eigenvalue weighted by atomic mass is 9.89. The fourth-order valence-electron chi connectivity index (χ4n) is 4.18. The van der Waals surface area contributed by atoms with Crippen molar-refractivity contribution in [3.05, 3.63) is 75.7 Å². The van der Waals surface area contributed by atoms with Crippen molar-refractivity contribution in [2.24, 2.45) is 0 Å². The Balaban J connectivity index is 1.62. The number of aryl methyl sites for hydroxylation is 2. The molecule has 0 atom stereocenters. The summed E-state index contributed by atoms with van der Waals surface area (Å²) >= 11 is 1.24. The molecule has 4 rings (SSSR count). The van der Waals surface area contributed by atoms with Gasteiger partial charge >= 0.3 is 5.97 Å². The average molecular weight is 487 g/mol. The SMILES string of the molecule is CCOc1ccc(/C=C(\C#N)C(=O)Nc2scc(-c3ccc4c(c3)CCCC4)c2C(=O)OC)cc1. The second-order valence-corrected chi connectivity index (χ2v) is 9.04. The number of amides is 1. The zero-order valence-corrected chi connectivity index (χ0v) is 20.5. The molecule has 0 saturated carbocycles. The average Bonchev–Trinajstić information content (AvgIpc) is 3.31. The van der Waals surface area contributed by atoms with Crippen LogP contribution in [0, 0.1) is 11.3 Å². The van der Waals surface area contributed by atoms with E-state index in [0.717, 1.165) is 24.8 Å². The van der Waals surface area contributed by atoms with Gasteiger partial charge in [0.1, 0.15) is 28.0 Å². The van der Waals surface area contributed by atoms with Gasteiger partial charge in [0.2, 0.25) is 0 Å². The van der Waals surface area contributed by atoms with Gasteiger partial charge in [0.25, 0.3) is 5.91 Å². The molecule has 0 saturated heterocycles. The Morgan fingerprint density at radius 2 is 1.86 bits per heavy atom. The van der Waals surface area contributed by atoms with Crippen LogP contribution >= 0.6 is 11.3 Å². The maximum absolute atomic E-state index is 12.9. The third-order valence-electron chi connectivity index (χ3n) is 5.93. The summed E-state index contributed by atoms with van der Waals surface area (Å²) in [7, 11) is 1.31. The van der Waals surface area contributed by atoms with E-state index in [0.29, 0.717) is 34.0 Å². The number of nitriles is 1. The van der Waals surface area contributed by atoms with E-state index in [1.807, 2.05) is 24.4 Å².